The predicted molar refractivity (Wildman–Crippen MR) is 146 cm³/mol. The molecular formula is C28H53NO5P+. The Hall–Kier alpha value is -0.910. The van der Waals surface area contributed by atoms with Gasteiger partial charge in [0, 0.05) is 13.5 Å². The van der Waals surface area contributed by atoms with E-state index in [0.717, 1.165) is 23.2 Å². The second kappa shape index (κ2) is 18.4. The van der Waals surface area contributed by atoms with Crippen LogP contribution < -0.4 is 4.74 Å². The van der Waals surface area contributed by atoms with E-state index in [1.54, 1.807) is 7.11 Å². The van der Waals surface area contributed by atoms with Crippen LogP contribution in [0.25, 0.3) is 0 Å². The second-order valence-electron chi connectivity index (χ2n) is 10.8. The maximum absolute atomic E-state index is 12.3. The van der Waals surface area contributed by atoms with Gasteiger partial charge in [0.1, 0.15) is 18.5 Å². The number of ether oxygens (including phenoxy) is 2. The third-order valence-electron chi connectivity index (χ3n) is 6.24. The highest BCUT2D eigenvalue weighted by Gasteiger charge is 2.23. The van der Waals surface area contributed by atoms with E-state index in [2.05, 4.69) is 40.2 Å². The van der Waals surface area contributed by atoms with Crippen LogP contribution in [-0.4, -0.2) is 69.7 Å². The molecule has 0 saturated carbocycles. The monoisotopic (exact) mass is 514 g/mol. The molecule has 0 aliphatic carbocycles. The quantitative estimate of drug-likeness (QED) is 0.104. The van der Waals surface area contributed by atoms with Crippen molar-refractivity contribution in [2.45, 2.75) is 90.1 Å². The smallest absolute Gasteiger partial charge is 0.328 e. The third-order valence-corrected chi connectivity index (χ3v) is 7.68. The topological polar surface area (TPSA) is 65.0 Å². The van der Waals surface area contributed by atoms with Gasteiger partial charge in [-0.3, -0.25) is 4.57 Å². The molecule has 2 unspecified atom stereocenters. The fourth-order valence-corrected chi connectivity index (χ4v) is 5.02. The van der Waals surface area contributed by atoms with E-state index in [1.807, 2.05) is 12.1 Å². The molecule has 1 aromatic carbocycles. The van der Waals surface area contributed by atoms with Crippen LogP contribution in [0.4, 0.5) is 0 Å². The summed E-state index contributed by atoms with van der Waals surface area (Å²) in [5.74, 6) is 0.772. The molecule has 1 N–H and O–H groups in total. The number of methoxy groups -OCH3 is 1. The van der Waals surface area contributed by atoms with E-state index in [9.17, 15) is 9.46 Å². The van der Waals surface area contributed by atoms with Gasteiger partial charge in [-0.2, -0.15) is 0 Å². The molecule has 35 heavy (non-hydrogen) atoms. The van der Waals surface area contributed by atoms with Gasteiger partial charge in [-0.05, 0) is 30.5 Å². The summed E-state index contributed by atoms with van der Waals surface area (Å²) in [6.07, 6.45) is 15.0. The molecule has 0 fully saturated rings. The molecule has 1 rings (SSSR count). The van der Waals surface area contributed by atoms with Crippen molar-refractivity contribution in [2.24, 2.45) is 0 Å². The highest BCUT2D eigenvalue weighted by Crippen LogP contribution is 2.42. The van der Waals surface area contributed by atoms with Crippen molar-refractivity contribution < 1.29 is 27.9 Å². The highest BCUT2D eigenvalue weighted by atomic mass is 31.2. The van der Waals surface area contributed by atoms with Crippen LogP contribution in [-0.2, 0) is 20.2 Å². The van der Waals surface area contributed by atoms with Crippen LogP contribution in [0.2, 0.25) is 0 Å². The molecule has 0 saturated heterocycles. The van der Waals surface area contributed by atoms with Crippen molar-refractivity contribution in [3.05, 3.63) is 29.8 Å². The van der Waals surface area contributed by atoms with E-state index in [-0.39, 0.29) is 19.4 Å². The van der Waals surface area contributed by atoms with Crippen molar-refractivity contribution in [3.63, 3.8) is 0 Å². The zero-order valence-corrected chi connectivity index (χ0v) is 24.1. The van der Waals surface area contributed by atoms with Crippen molar-refractivity contribution in [1.82, 2.24) is 0 Å². The lowest BCUT2D eigenvalue weighted by Gasteiger charge is -2.24. The van der Waals surface area contributed by atoms with Crippen molar-refractivity contribution >= 4 is 7.60 Å². The van der Waals surface area contributed by atoms with Crippen LogP contribution in [0, 0.1) is 0 Å². The lowest BCUT2D eigenvalue weighted by atomic mass is 10.0. The summed E-state index contributed by atoms with van der Waals surface area (Å²) in [5.41, 5.74) is 1.33. The minimum Gasteiger partial charge on any atom is -0.491 e. The molecule has 6 nitrogen and oxygen atoms in total. The molecule has 0 amide bonds. The molecule has 0 bridgehead atoms. The highest BCUT2D eigenvalue weighted by molar-refractivity contribution is 7.52. The first-order valence-electron chi connectivity index (χ1n) is 13.7. The van der Waals surface area contributed by atoms with E-state index in [0.29, 0.717) is 6.42 Å². The molecule has 204 valence electrons. The zero-order chi connectivity index (χ0) is 26.0. The van der Waals surface area contributed by atoms with Gasteiger partial charge in [0.05, 0.1) is 40.5 Å². The zero-order valence-electron chi connectivity index (χ0n) is 23.2. The SMILES string of the molecule is CCCCCCCCCCCCc1ccc(OCC(COP(=O)(O)CCC[N+](C)(C)C)OC)cc1. The molecule has 0 aliphatic rings. The number of benzene rings is 1. The number of hydrogen-bond donors (Lipinski definition) is 1. The van der Waals surface area contributed by atoms with Crippen LogP contribution in [0.1, 0.15) is 83.1 Å². The van der Waals surface area contributed by atoms with E-state index < -0.39 is 13.7 Å². The maximum atomic E-state index is 12.3. The second-order valence-corrected chi connectivity index (χ2v) is 12.7. The number of unbranched alkanes of at least 4 members (excludes halogenated alkanes) is 9. The van der Waals surface area contributed by atoms with Gasteiger partial charge in [-0.15, -0.1) is 0 Å². The van der Waals surface area contributed by atoms with Crippen LogP contribution in [0.5, 0.6) is 5.75 Å². The molecule has 0 radical (unpaired) electrons. The summed E-state index contributed by atoms with van der Waals surface area (Å²) in [6, 6.07) is 8.22. The van der Waals surface area contributed by atoms with Crippen molar-refractivity contribution in [1.29, 1.82) is 0 Å². The van der Waals surface area contributed by atoms with Gasteiger partial charge in [0.2, 0.25) is 0 Å². The van der Waals surface area contributed by atoms with E-state index in [4.69, 9.17) is 14.0 Å². The summed E-state index contributed by atoms with van der Waals surface area (Å²) in [6.45, 7) is 3.39. The standard InChI is InChI=1S/C28H52NO5P/c1-6-7-8-9-10-11-12-13-14-15-17-26-18-20-27(21-19-26)33-24-28(32-5)25-34-35(30,31)23-16-22-29(2,3)4/h18-21,28H,6-17,22-25H2,1-5H3/p+1. The largest absolute Gasteiger partial charge is 0.491 e. The fourth-order valence-electron chi connectivity index (χ4n) is 3.95. The lowest BCUT2D eigenvalue weighted by molar-refractivity contribution is -0.870. The molecule has 0 heterocycles. The van der Waals surface area contributed by atoms with Gasteiger partial charge >= 0.3 is 7.60 Å². The van der Waals surface area contributed by atoms with Crippen LogP contribution in [0.15, 0.2) is 24.3 Å². The van der Waals surface area contributed by atoms with Crippen molar-refractivity contribution in [2.75, 3.05) is 54.2 Å². The Morgan fingerprint density at radius 3 is 1.97 bits per heavy atom. The Kier molecular flexibility index (Phi) is 16.8. The van der Waals surface area contributed by atoms with Gasteiger partial charge in [0.25, 0.3) is 0 Å². The summed E-state index contributed by atoms with van der Waals surface area (Å²) >= 11 is 0. The Morgan fingerprint density at radius 2 is 1.43 bits per heavy atom. The van der Waals surface area contributed by atoms with Crippen LogP contribution in [0.3, 0.4) is 0 Å². The Labute approximate surface area is 215 Å². The maximum Gasteiger partial charge on any atom is 0.328 e. The van der Waals surface area contributed by atoms with Crippen molar-refractivity contribution in [3.8, 4) is 5.75 Å². The first-order valence-corrected chi connectivity index (χ1v) is 15.4. The number of quaternary nitrogens is 1. The van der Waals surface area contributed by atoms with Gasteiger partial charge < -0.3 is 23.4 Å². The number of aryl methyl sites for hydroxylation is 1. The summed E-state index contributed by atoms with van der Waals surface area (Å²) < 4.78 is 29.5. The van der Waals surface area contributed by atoms with Gasteiger partial charge in [0.15, 0.2) is 0 Å². The summed E-state index contributed by atoms with van der Waals surface area (Å²) in [7, 11) is 4.13. The van der Waals surface area contributed by atoms with E-state index in [1.165, 1.54) is 69.8 Å². The number of rotatable bonds is 22. The molecule has 1 aromatic rings. The molecule has 2 atom stereocenters. The summed E-state index contributed by atoms with van der Waals surface area (Å²) in [4.78, 5) is 10.1. The normalized spacial score (nSPS) is 14.6. The predicted octanol–water partition coefficient (Wildman–Crippen LogP) is 6.84. The Balaban J connectivity index is 2.20. The van der Waals surface area contributed by atoms with E-state index >= 15 is 0 Å². The number of hydrogen-bond acceptors (Lipinski definition) is 4. The first kappa shape index (κ1) is 32.1. The average Bonchev–Trinajstić information content (AvgIpc) is 2.80. The minimum absolute atomic E-state index is 0.0332. The number of nitrogens with zero attached hydrogens (tertiary/aromatic N) is 1. The molecule has 0 spiro atoms. The molecule has 0 aliphatic heterocycles. The third kappa shape index (κ3) is 18.1. The Morgan fingerprint density at radius 1 is 0.857 bits per heavy atom. The van der Waals surface area contributed by atoms with Gasteiger partial charge in [-0.1, -0.05) is 76.8 Å². The average molecular weight is 515 g/mol. The molecule has 0 aromatic heterocycles. The fraction of sp³-hybridized carbons (Fsp3) is 0.786. The summed E-state index contributed by atoms with van der Waals surface area (Å²) in [5, 5.41) is 0. The lowest BCUT2D eigenvalue weighted by Crippen LogP contribution is -2.35. The van der Waals surface area contributed by atoms with Crippen LogP contribution >= 0.6 is 7.60 Å². The first-order chi connectivity index (χ1) is 16.6. The molecular weight excluding hydrogens is 461 g/mol. The molecule has 7 heteroatoms. The van der Waals surface area contributed by atoms with Gasteiger partial charge in [-0.25, -0.2) is 0 Å². The minimum atomic E-state index is -3.62. The Bertz CT molecular complexity index is 690.